The molecule has 2 N–H and O–H groups in total. The Kier molecular flexibility index (Phi) is 6.47. The van der Waals surface area contributed by atoms with Gasteiger partial charge in [0, 0.05) is 6.54 Å². The van der Waals surface area contributed by atoms with Crippen LogP contribution in [0.5, 0.6) is 0 Å². The lowest BCUT2D eigenvalue weighted by Gasteiger charge is -2.07. The molecule has 0 unspecified atom stereocenters. The molecule has 0 saturated carbocycles. The Balaban J connectivity index is 3.22. The van der Waals surface area contributed by atoms with E-state index in [0.29, 0.717) is 6.61 Å². The molecule has 72 valence electrons. The van der Waals surface area contributed by atoms with E-state index in [9.17, 15) is 4.79 Å². The van der Waals surface area contributed by atoms with Crippen LogP contribution in [0.15, 0.2) is 0 Å². The van der Waals surface area contributed by atoms with Gasteiger partial charge >= 0.3 is 6.09 Å². The molecule has 0 spiro atoms. The molecule has 0 aromatic rings. The Morgan fingerprint density at radius 3 is 2.83 bits per heavy atom. The van der Waals surface area contributed by atoms with Crippen molar-refractivity contribution in [1.82, 2.24) is 5.32 Å². The SMILES string of the molecule is CCCCOC(=O)NC[C@@H](C)O. The quantitative estimate of drug-likeness (QED) is 0.610. The summed E-state index contributed by atoms with van der Waals surface area (Å²) in [5, 5.41) is 11.2. The maximum atomic E-state index is 10.8. The smallest absolute Gasteiger partial charge is 0.407 e. The molecule has 0 aliphatic carbocycles. The number of carbonyl (C=O) groups excluding carboxylic acids is 1. The fourth-order valence-electron chi connectivity index (χ4n) is 0.591. The number of rotatable bonds is 5. The molecule has 0 radical (unpaired) electrons. The van der Waals surface area contributed by atoms with E-state index in [0.717, 1.165) is 12.8 Å². The second-order valence-electron chi connectivity index (χ2n) is 2.72. The van der Waals surface area contributed by atoms with Gasteiger partial charge in [-0.1, -0.05) is 13.3 Å². The molecule has 0 aliphatic heterocycles. The van der Waals surface area contributed by atoms with Crippen LogP contribution in [-0.2, 0) is 4.74 Å². The highest BCUT2D eigenvalue weighted by atomic mass is 16.5. The summed E-state index contributed by atoms with van der Waals surface area (Å²) in [5.41, 5.74) is 0. The topological polar surface area (TPSA) is 58.6 Å². The van der Waals surface area contributed by atoms with Crippen LogP contribution in [0.3, 0.4) is 0 Å². The summed E-state index contributed by atoms with van der Waals surface area (Å²) >= 11 is 0. The highest BCUT2D eigenvalue weighted by molar-refractivity contribution is 5.67. The number of hydrogen-bond acceptors (Lipinski definition) is 3. The predicted octanol–water partition coefficient (Wildman–Crippen LogP) is 0.893. The van der Waals surface area contributed by atoms with E-state index in [-0.39, 0.29) is 6.54 Å². The molecular weight excluding hydrogens is 158 g/mol. The number of nitrogens with one attached hydrogen (secondary N) is 1. The third-order valence-corrected chi connectivity index (χ3v) is 1.27. The van der Waals surface area contributed by atoms with Crippen LogP contribution in [0.1, 0.15) is 26.7 Å². The largest absolute Gasteiger partial charge is 0.450 e. The number of ether oxygens (including phenoxy) is 1. The minimum atomic E-state index is -0.524. The van der Waals surface area contributed by atoms with Gasteiger partial charge in [0.15, 0.2) is 0 Å². The molecule has 1 amide bonds. The first-order valence-electron chi connectivity index (χ1n) is 4.25. The van der Waals surface area contributed by atoms with Crippen LogP contribution in [0.25, 0.3) is 0 Å². The van der Waals surface area contributed by atoms with Crippen LogP contribution in [0.4, 0.5) is 4.79 Å². The van der Waals surface area contributed by atoms with E-state index >= 15 is 0 Å². The molecule has 0 rings (SSSR count). The van der Waals surface area contributed by atoms with Gasteiger partial charge in [0.25, 0.3) is 0 Å². The molecule has 4 heteroatoms. The summed E-state index contributed by atoms with van der Waals surface area (Å²) in [4.78, 5) is 10.8. The number of amides is 1. The zero-order valence-electron chi connectivity index (χ0n) is 7.67. The van der Waals surface area contributed by atoms with E-state index in [1.807, 2.05) is 6.92 Å². The molecule has 0 aliphatic rings. The number of aliphatic hydroxyl groups excluding tert-OH is 1. The Bertz CT molecular complexity index is 125. The van der Waals surface area contributed by atoms with Crippen molar-refractivity contribution >= 4 is 6.09 Å². The summed E-state index contributed by atoms with van der Waals surface area (Å²) in [6.07, 6.45) is 0.902. The summed E-state index contributed by atoms with van der Waals surface area (Å²) in [7, 11) is 0. The monoisotopic (exact) mass is 175 g/mol. The molecule has 12 heavy (non-hydrogen) atoms. The van der Waals surface area contributed by atoms with Gasteiger partial charge < -0.3 is 15.2 Å². The number of carbonyl (C=O) groups is 1. The van der Waals surface area contributed by atoms with Gasteiger partial charge in [-0.2, -0.15) is 0 Å². The molecule has 0 fully saturated rings. The lowest BCUT2D eigenvalue weighted by Crippen LogP contribution is -2.31. The number of hydrogen-bond donors (Lipinski definition) is 2. The van der Waals surface area contributed by atoms with Crippen molar-refractivity contribution in [3.8, 4) is 0 Å². The molecule has 1 atom stereocenters. The van der Waals surface area contributed by atoms with Crippen molar-refractivity contribution in [2.45, 2.75) is 32.8 Å². The Morgan fingerprint density at radius 1 is 1.67 bits per heavy atom. The average Bonchev–Trinajstić information content (AvgIpc) is 2.01. The van der Waals surface area contributed by atoms with Crippen LogP contribution in [0.2, 0.25) is 0 Å². The predicted molar refractivity (Wildman–Crippen MR) is 45.9 cm³/mol. The Labute approximate surface area is 72.9 Å². The Morgan fingerprint density at radius 2 is 2.33 bits per heavy atom. The highest BCUT2D eigenvalue weighted by Gasteiger charge is 2.01. The van der Waals surface area contributed by atoms with Crippen LogP contribution >= 0.6 is 0 Å². The lowest BCUT2D eigenvalue weighted by molar-refractivity contribution is 0.133. The van der Waals surface area contributed by atoms with Crippen molar-refractivity contribution in [3.05, 3.63) is 0 Å². The van der Waals surface area contributed by atoms with Gasteiger partial charge in [0.05, 0.1) is 12.7 Å². The zero-order chi connectivity index (χ0) is 9.40. The molecule has 0 saturated heterocycles. The molecule has 0 aromatic carbocycles. The summed E-state index contributed by atoms with van der Waals surface area (Å²) in [6.45, 7) is 4.32. The van der Waals surface area contributed by atoms with E-state index in [1.54, 1.807) is 6.92 Å². The minimum absolute atomic E-state index is 0.241. The van der Waals surface area contributed by atoms with E-state index in [2.05, 4.69) is 5.32 Å². The van der Waals surface area contributed by atoms with Crippen LogP contribution in [-0.4, -0.2) is 30.5 Å². The van der Waals surface area contributed by atoms with Gasteiger partial charge in [-0.05, 0) is 13.3 Å². The highest BCUT2D eigenvalue weighted by Crippen LogP contribution is 1.88. The van der Waals surface area contributed by atoms with Crippen LogP contribution < -0.4 is 5.32 Å². The molecule has 0 aromatic heterocycles. The van der Waals surface area contributed by atoms with Crippen molar-refractivity contribution < 1.29 is 14.6 Å². The second-order valence-corrected chi connectivity index (χ2v) is 2.72. The maximum Gasteiger partial charge on any atom is 0.407 e. The fraction of sp³-hybridized carbons (Fsp3) is 0.875. The average molecular weight is 175 g/mol. The molecule has 0 heterocycles. The van der Waals surface area contributed by atoms with Crippen molar-refractivity contribution in [2.75, 3.05) is 13.2 Å². The molecular formula is C8H17NO3. The lowest BCUT2D eigenvalue weighted by atomic mass is 10.4. The summed E-state index contributed by atoms with van der Waals surface area (Å²) in [6, 6.07) is 0. The zero-order valence-corrected chi connectivity index (χ0v) is 7.67. The van der Waals surface area contributed by atoms with Gasteiger partial charge in [-0.3, -0.25) is 0 Å². The first-order valence-corrected chi connectivity index (χ1v) is 4.25. The molecule has 4 nitrogen and oxygen atoms in total. The third-order valence-electron chi connectivity index (χ3n) is 1.27. The number of unbranched alkanes of at least 4 members (excludes halogenated alkanes) is 1. The second kappa shape index (κ2) is 6.91. The van der Waals surface area contributed by atoms with Crippen molar-refractivity contribution in [3.63, 3.8) is 0 Å². The van der Waals surface area contributed by atoms with Crippen LogP contribution in [0, 0.1) is 0 Å². The van der Waals surface area contributed by atoms with Gasteiger partial charge in [-0.25, -0.2) is 4.79 Å². The Hall–Kier alpha value is -0.770. The minimum Gasteiger partial charge on any atom is -0.450 e. The first-order chi connectivity index (χ1) is 5.66. The van der Waals surface area contributed by atoms with Gasteiger partial charge in [0.2, 0.25) is 0 Å². The van der Waals surface area contributed by atoms with Gasteiger partial charge in [-0.15, -0.1) is 0 Å². The van der Waals surface area contributed by atoms with E-state index < -0.39 is 12.2 Å². The fourth-order valence-corrected chi connectivity index (χ4v) is 0.591. The van der Waals surface area contributed by atoms with E-state index in [4.69, 9.17) is 9.84 Å². The standard InChI is InChI=1S/C8H17NO3/c1-3-4-5-12-8(11)9-6-7(2)10/h7,10H,3-6H2,1-2H3,(H,9,11)/t7-/m1/s1. The first kappa shape index (κ1) is 11.2. The number of aliphatic hydroxyl groups is 1. The summed E-state index contributed by atoms with van der Waals surface area (Å²) in [5.74, 6) is 0. The van der Waals surface area contributed by atoms with E-state index in [1.165, 1.54) is 0 Å². The van der Waals surface area contributed by atoms with Gasteiger partial charge in [0.1, 0.15) is 0 Å². The molecule has 0 bridgehead atoms. The van der Waals surface area contributed by atoms with Crippen molar-refractivity contribution in [1.29, 1.82) is 0 Å². The third kappa shape index (κ3) is 7.34. The van der Waals surface area contributed by atoms with Crippen molar-refractivity contribution in [2.24, 2.45) is 0 Å². The normalized spacial score (nSPS) is 12.2. The maximum absolute atomic E-state index is 10.8. The number of alkyl carbamates (subject to hydrolysis) is 1. The summed E-state index contributed by atoms with van der Waals surface area (Å²) < 4.78 is 4.77.